The van der Waals surface area contributed by atoms with Gasteiger partial charge in [-0.3, -0.25) is 0 Å². The van der Waals surface area contributed by atoms with Crippen LogP contribution in [0.3, 0.4) is 0 Å². The summed E-state index contributed by atoms with van der Waals surface area (Å²) in [6, 6.07) is 16.3. The minimum atomic E-state index is -3.20. The summed E-state index contributed by atoms with van der Waals surface area (Å²) in [7, 11) is -3.20. The highest BCUT2D eigenvalue weighted by molar-refractivity contribution is 9.10. The molecule has 3 aliphatic heterocycles. The zero-order valence-electron chi connectivity index (χ0n) is 16.0. The number of nitrogens with zero attached hydrogens (tertiary/aromatic N) is 2. The smallest absolute Gasteiger partial charge is 0.211 e. The summed E-state index contributed by atoms with van der Waals surface area (Å²) in [4.78, 5) is 0. The Hall–Kier alpha value is -1.87. The fraction of sp³-hybridized carbons (Fsp3) is 0.333. The molecule has 2 aromatic rings. The molecule has 29 heavy (non-hydrogen) atoms. The molecule has 0 unspecified atom stereocenters. The number of hydrogen-bond acceptors (Lipinski definition) is 5. The molecule has 0 saturated carbocycles. The molecule has 3 aliphatic rings. The average Bonchev–Trinajstić information content (AvgIpc) is 3.16. The van der Waals surface area contributed by atoms with Crippen LogP contribution in [-0.2, 0) is 10.0 Å². The number of hydrogen-bond donors (Lipinski definition) is 1. The molecule has 152 valence electrons. The first-order valence-corrected chi connectivity index (χ1v) is 12.3. The number of halogens is 1. The molecule has 0 aromatic heterocycles. The van der Waals surface area contributed by atoms with E-state index in [9.17, 15) is 8.42 Å². The van der Waals surface area contributed by atoms with Crippen LogP contribution in [0.15, 0.2) is 59.1 Å². The molecule has 5 rings (SSSR count). The van der Waals surface area contributed by atoms with Gasteiger partial charge in [-0.2, -0.15) is 5.01 Å². The summed E-state index contributed by atoms with van der Waals surface area (Å²) in [5.74, 6) is 0.856. The van der Waals surface area contributed by atoms with Crippen LogP contribution in [0.1, 0.15) is 30.0 Å². The van der Waals surface area contributed by atoms with Gasteiger partial charge < -0.3 is 10.2 Å². The third-order valence-corrected chi connectivity index (χ3v) is 7.73. The topological polar surface area (TPSA) is 61.9 Å². The maximum Gasteiger partial charge on any atom is 0.211 e. The van der Waals surface area contributed by atoms with E-state index < -0.39 is 15.7 Å². The fourth-order valence-corrected chi connectivity index (χ4v) is 5.66. The summed E-state index contributed by atoms with van der Waals surface area (Å²) < 4.78 is 33.1. The van der Waals surface area contributed by atoms with Gasteiger partial charge in [-0.15, -0.1) is 0 Å². The van der Waals surface area contributed by atoms with Crippen molar-refractivity contribution in [2.75, 3.05) is 19.3 Å². The van der Waals surface area contributed by atoms with Crippen LogP contribution in [0.5, 0.6) is 5.75 Å². The second-order valence-corrected chi connectivity index (χ2v) is 10.7. The lowest BCUT2D eigenvalue weighted by Crippen LogP contribution is -2.64. The van der Waals surface area contributed by atoms with Gasteiger partial charge in [-0.1, -0.05) is 46.3 Å². The van der Waals surface area contributed by atoms with Gasteiger partial charge in [0.2, 0.25) is 10.0 Å². The van der Waals surface area contributed by atoms with Gasteiger partial charge in [0, 0.05) is 36.0 Å². The van der Waals surface area contributed by atoms with Crippen molar-refractivity contribution in [1.82, 2.24) is 14.7 Å². The molecule has 1 N–H and O–H groups in total. The van der Waals surface area contributed by atoms with Crippen LogP contribution in [0, 0.1) is 0 Å². The van der Waals surface area contributed by atoms with Crippen LogP contribution in [-0.4, -0.2) is 42.8 Å². The molecule has 8 heteroatoms. The van der Waals surface area contributed by atoms with Crippen LogP contribution in [0.2, 0.25) is 0 Å². The van der Waals surface area contributed by atoms with Crippen molar-refractivity contribution in [2.45, 2.75) is 24.6 Å². The number of ether oxygens (including phenoxy) is 1. The van der Waals surface area contributed by atoms with E-state index >= 15 is 0 Å². The van der Waals surface area contributed by atoms with Crippen LogP contribution < -0.4 is 10.2 Å². The Morgan fingerprint density at radius 3 is 2.55 bits per heavy atom. The van der Waals surface area contributed by atoms with E-state index in [2.05, 4.69) is 50.6 Å². The Balaban J connectivity index is 1.54. The van der Waals surface area contributed by atoms with Gasteiger partial charge in [0.15, 0.2) is 5.72 Å². The molecule has 1 spiro atoms. The van der Waals surface area contributed by atoms with Gasteiger partial charge in [0.25, 0.3) is 0 Å². The quantitative estimate of drug-likeness (QED) is 0.719. The maximum absolute atomic E-state index is 12.0. The Morgan fingerprint density at radius 2 is 1.86 bits per heavy atom. The van der Waals surface area contributed by atoms with Crippen LogP contribution in [0.25, 0.3) is 5.70 Å². The summed E-state index contributed by atoms with van der Waals surface area (Å²) in [6.07, 6.45) is 4.68. The second-order valence-electron chi connectivity index (χ2n) is 7.77. The Labute approximate surface area is 179 Å². The Kier molecular flexibility index (Phi) is 4.51. The first-order valence-electron chi connectivity index (χ1n) is 9.63. The van der Waals surface area contributed by atoms with Gasteiger partial charge in [-0.25, -0.2) is 12.7 Å². The minimum Gasteiger partial charge on any atom is -0.470 e. The van der Waals surface area contributed by atoms with E-state index in [1.54, 1.807) is 0 Å². The highest BCUT2D eigenvalue weighted by Crippen LogP contribution is 2.49. The van der Waals surface area contributed by atoms with Crippen molar-refractivity contribution in [3.63, 3.8) is 0 Å². The number of rotatable bonds is 2. The third-order valence-electron chi connectivity index (χ3n) is 5.93. The first kappa shape index (κ1) is 19.1. The van der Waals surface area contributed by atoms with Gasteiger partial charge in [0.05, 0.1) is 18.0 Å². The summed E-state index contributed by atoms with van der Waals surface area (Å²) in [5.41, 5.74) is 6.22. The number of sulfonamides is 1. The van der Waals surface area contributed by atoms with Crippen molar-refractivity contribution < 1.29 is 13.2 Å². The van der Waals surface area contributed by atoms with Gasteiger partial charge in [0.1, 0.15) is 5.75 Å². The Morgan fingerprint density at radius 1 is 1.14 bits per heavy atom. The second kappa shape index (κ2) is 6.84. The average molecular weight is 476 g/mol. The summed E-state index contributed by atoms with van der Waals surface area (Å²) in [5, 5.41) is 2.17. The van der Waals surface area contributed by atoms with Crippen molar-refractivity contribution in [2.24, 2.45) is 0 Å². The number of fused-ring (bicyclic) bond motifs is 4. The van der Waals surface area contributed by atoms with E-state index in [0.29, 0.717) is 25.9 Å². The van der Waals surface area contributed by atoms with E-state index in [-0.39, 0.29) is 6.04 Å². The number of piperidine rings is 1. The molecule has 2 aromatic carbocycles. The molecular formula is C21H22BrN3O3S. The van der Waals surface area contributed by atoms with E-state index in [4.69, 9.17) is 4.74 Å². The first-order chi connectivity index (χ1) is 13.9. The molecular weight excluding hydrogens is 454 g/mol. The number of hydrazine groups is 1. The third kappa shape index (κ3) is 3.28. The van der Waals surface area contributed by atoms with Crippen molar-refractivity contribution >= 4 is 31.7 Å². The lowest BCUT2D eigenvalue weighted by Gasteiger charge is -2.51. The van der Waals surface area contributed by atoms with E-state index in [1.165, 1.54) is 10.6 Å². The lowest BCUT2D eigenvalue weighted by atomic mass is 9.93. The molecule has 0 radical (unpaired) electrons. The predicted octanol–water partition coefficient (Wildman–Crippen LogP) is 3.50. The fourth-order valence-electron chi connectivity index (χ4n) is 4.44. The zero-order chi connectivity index (χ0) is 20.2. The van der Waals surface area contributed by atoms with Crippen LogP contribution in [0.4, 0.5) is 0 Å². The van der Waals surface area contributed by atoms with Crippen molar-refractivity contribution in [1.29, 1.82) is 0 Å². The molecule has 0 aliphatic carbocycles. The number of benzene rings is 2. The molecule has 1 saturated heterocycles. The summed E-state index contributed by atoms with van der Waals surface area (Å²) >= 11 is 3.58. The maximum atomic E-state index is 12.0. The van der Waals surface area contributed by atoms with Crippen molar-refractivity contribution in [3.8, 4) is 5.75 Å². The van der Waals surface area contributed by atoms with Gasteiger partial charge in [-0.05, 0) is 29.8 Å². The number of nitrogens with one attached hydrogen (secondary N) is 1. The van der Waals surface area contributed by atoms with E-state index in [1.807, 2.05) is 30.3 Å². The highest BCUT2D eigenvalue weighted by atomic mass is 79.9. The molecule has 0 bridgehead atoms. The monoisotopic (exact) mass is 475 g/mol. The normalized spacial score (nSPS) is 23.7. The molecule has 1 fully saturated rings. The van der Waals surface area contributed by atoms with Crippen molar-refractivity contribution in [3.05, 3.63) is 70.2 Å². The standard InChI is InChI=1S/C21H22BrN3O3S/c1-29(26,27)24-11-9-21(10-12-24)25-19(17-13-16(22)7-8-20(17)28-21)14-18(23-25)15-5-3-2-4-6-15/h2-8,13-14,19,23H,9-12H2,1H3/t19-/m1/s1. The minimum absolute atomic E-state index is 0.0104. The molecule has 0 amide bonds. The summed E-state index contributed by atoms with van der Waals surface area (Å²) in [6.45, 7) is 0.881. The SMILES string of the molecule is CS(=O)(=O)N1CCC2(CC1)Oc1ccc(Br)cc1[C@H]1C=C(c3ccccc3)NN12. The Bertz CT molecular complexity index is 1080. The largest absolute Gasteiger partial charge is 0.470 e. The van der Waals surface area contributed by atoms with E-state index in [0.717, 1.165) is 27.0 Å². The highest BCUT2D eigenvalue weighted by Gasteiger charge is 2.52. The molecule has 3 heterocycles. The predicted molar refractivity (Wildman–Crippen MR) is 115 cm³/mol. The van der Waals surface area contributed by atoms with Crippen LogP contribution >= 0.6 is 15.9 Å². The zero-order valence-corrected chi connectivity index (χ0v) is 18.4. The molecule has 1 atom stereocenters. The molecule has 6 nitrogen and oxygen atoms in total. The lowest BCUT2D eigenvalue weighted by molar-refractivity contribution is -0.153. The van der Waals surface area contributed by atoms with Gasteiger partial charge >= 0.3 is 0 Å².